The van der Waals surface area contributed by atoms with Gasteiger partial charge in [0.05, 0.1) is 18.8 Å². The third-order valence-electron chi connectivity index (χ3n) is 3.79. The number of amides is 2. The lowest BCUT2D eigenvalue weighted by Crippen LogP contribution is -2.45. The average Bonchev–Trinajstić information content (AvgIpc) is 2.60. The summed E-state index contributed by atoms with van der Waals surface area (Å²) in [5.41, 5.74) is 1.47. The van der Waals surface area contributed by atoms with Crippen LogP contribution in [0.4, 0.5) is 5.69 Å². The maximum absolute atomic E-state index is 12.5. The summed E-state index contributed by atoms with van der Waals surface area (Å²) in [5, 5.41) is 5.56. The molecular weight excluding hydrogens is 294 g/mol. The van der Waals surface area contributed by atoms with Gasteiger partial charge in [-0.3, -0.25) is 9.59 Å². The predicted octanol–water partition coefficient (Wildman–Crippen LogP) is 1.17. The van der Waals surface area contributed by atoms with Crippen molar-refractivity contribution in [2.45, 2.75) is 26.3 Å². The van der Waals surface area contributed by atoms with E-state index < -0.39 is 6.04 Å². The Labute approximate surface area is 137 Å². The molecule has 0 aliphatic carbocycles. The summed E-state index contributed by atoms with van der Waals surface area (Å²) in [6, 6.07) is 6.91. The molecule has 2 rings (SSSR count). The highest BCUT2D eigenvalue weighted by molar-refractivity contribution is 6.01. The molecule has 126 valence electrons. The first-order chi connectivity index (χ1) is 11.1. The second-order valence-electron chi connectivity index (χ2n) is 5.60. The standard InChI is InChI=1S/C17H25N3O3/c1-3-8-18-16(21)13(2)19-17(22)14-6-4-5-7-15(14)20-9-11-23-12-10-20/h4-7,13H,3,8-12H2,1-2H3,(H,18,21)(H,19,22)/t13-/m1/s1. The van der Waals surface area contributed by atoms with Gasteiger partial charge in [-0.1, -0.05) is 19.1 Å². The van der Waals surface area contributed by atoms with Gasteiger partial charge in [0.15, 0.2) is 0 Å². The number of rotatable bonds is 6. The molecular formula is C17H25N3O3. The molecule has 1 aromatic rings. The summed E-state index contributed by atoms with van der Waals surface area (Å²) < 4.78 is 5.36. The fourth-order valence-corrected chi connectivity index (χ4v) is 2.49. The molecule has 0 radical (unpaired) electrons. The van der Waals surface area contributed by atoms with E-state index in [0.717, 1.165) is 25.2 Å². The number of hydrogen-bond acceptors (Lipinski definition) is 4. The van der Waals surface area contributed by atoms with Gasteiger partial charge in [-0.15, -0.1) is 0 Å². The van der Waals surface area contributed by atoms with Crippen LogP contribution in [0, 0.1) is 0 Å². The van der Waals surface area contributed by atoms with Crippen LogP contribution in [-0.2, 0) is 9.53 Å². The number of hydrogen-bond donors (Lipinski definition) is 2. The Morgan fingerprint density at radius 2 is 1.96 bits per heavy atom. The van der Waals surface area contributed by atoms with Crippen LogP contribution in [0.5, 0.6) is 0 Å². The van der Waals surface area contributed by atoms with Crippen LogP contribution in [0.2, 0.25) is 0 Å². The van der Waals surface area contributed by atoms with E-state index >= 15 is 0 Å². The number of nitrogens with zero attached hydrogens (tertiary/aromatic N) is 1. The largest absolute Gasteiger partial charge is 0.378 e. The van der Waals surface area contributed by atoms with Gasteiger partial charge >= 0.3 is 0 Å². The summed E-state index contributed by atoms with van der Waals surface area (Å²) in [5.74, 6) is -0.393. The Hall–Kier alpha value is -2.08. The summed E-state index contributed by atoms with van der Waals surface area (Å²) >= 11 is 0. The molecule has 2 amide bonds. The molecule has 1 aliphatic rings. The molecule has 0 spiro atoms. The molecule has 23 heavy (non-hydrogen) atoms. The number of benzene rings is 1. The minimum Gasteiger partial charge on any atom is -0.378 e. The number of para-hydroxylation sites is 1. The van der Waals surface area contributed by atoms with E-state index in [4.69, 9.17) is 4.74 Å². The number of carbonyl (C=O) groups excluding carboxylic acids is 2. The number of anilines is 1. The second-order valence-corrected chi connectivity index (χ2v) is 5.60. The third kappa shape index (κ3) is 4.69. The molecule has 6 heteroatoms. The molecule has 0 aromatic heterocycles. The first-order valence-corrected chi connectivity index (χ1v) is 8.13. The van der Waals surface area contributed by atoms with Crippen LogP contribution in [0.3, 0.4) is 0 Å². The zero-order chi connectivity index (χ0) is 16.7. The van der Waals surface area contributed by atoms with Crippen molar-refractivity contribution >= 4 is 17.5 Å². The van der Waals surface area contributed by atoms with Gasteiger partial charge in [0.25, 0.3) is 5.91 Å². The van der Waals surface area contributed by atoms with E-state index in [1.807, 2.05) is 25.1 Å². The normalized spacial score (nSPS) is 15.8. The van der Waals surface area contributed by atoms with Gasteiger partial charge in [0.1, 0.15) is 6.04 Å². The molecule has 1 aliphatic heterocycles. The lowest BCUT2D eigenvalue weighted by atomic mass is 10.1. The topological polar surface area (TPSA) is 70.7 Å². The number of carbonyl (C=O) groups is 2. The van der Waals surface area contributed by atoms with Crippen molar-refractivity contribution in [3.63, 3.8) is 0 Å². The highest BCUT2D eigenvalue weighted by atomic mass is 16.5. The average molecular weight is 319 g/mol. The van der Waals surface area contributed by atoms with Crippen LogP contribution in [0.1, 0.15) is 30.6 Å². The van der Waals surface area contributed by atoms with Crippen LogP contribution >= 0.6 is 0 Å². The van der Waals surface area contributed by atoms with E-state index in [1.54, 1.807) is 13.0 Å². The van der Waals surface area contributed by atoms with Crippen LogP contribution in [-0.4, -0.2) is 50.7 Å². The van der Waals surface area contributed by atoms with E-state index in [1.165, 1.54) is 0 Å². The smallest absolute Gasteiger partial charge is 0.254 e. The van der Waals surface area contributed by atoms with Crippen molar-refractivity contribution in [3.05, 3.63) is 29.8 Å². The maximum Gasteiger partial charge on any atom is 0.254 e. The maximum atomic E-state index is 12.5. The molecule has 0 saturated carbocycles. The lowest BCUT2D eigenvalue weighted by Gasteiger charge is -2.30. The molecule has 1 saturated heterocycles. The Bertz CT molecular complexity index is 542. The van der Waals surface area contributed by atoms with Crippen LogP contribution in [0.15, 0.2) is 24.3 Å². The van der Waals surface area contributed by atoms with Crippen molar-refractivity contribution in [2.24, 2.45) is 0 Å². The summed E-state index contributed by atoms with van der Waals surface area (Å²) in [6.07, 6.45) is 0.867. The van der Waals surface area contributed by atoms with Gasteiger partial charge in [-0.2, -0.15) is 0 Å². The van der Waals surface area contributed by atoms with Crippen molar-refractivity contribution in [1.82, 2.24) is 10.6 Å². The van der Waals surface area contributed by atoms with Crippen molar-refractivity contribution in [3.8, 4) is 0 Å². The molecule has 1 atom stereocenters. The van der Waals surface area contributed by atoms with E-state index in [0.29, 0.717) is 25.3 Å². The van der Waals surface area contributed by atoms with Crippen molar-refractivity contribution in [1.29, 1.82) is 0 Å². The first-order valence-electron chi connectivity index (χ1n) is 8.13. The van der Waals surface area contributed by atoms with E-state index in [2.05, 4.69) is 15.5 Å². The summed E-state index contributed by atoms with van der Waals surface area (Å²) in [4.78, 5) is 26.6. The number of nitrogens with one attached hydrogen (secondary N) is 2. The Morgan fingerprint density at radius 1 is 1.26 bits per heavy atom. The molecule has 2 N–H and O–H groups in total. The van der Waals surface area contributed by atoms with Crippen molar-refractivity contribution < 1.29 is 14.3 Å². The number of morpholine rings is 1. The minimum atomic E-state index is -0.563. The van der Waals surface area contributed by atoms with Gasteiger partial charge in [-0.05, 0) is 25.5 Å². The molecule has 1 heterocycles. The Morgan fingerprint density at radius 3 is 2.65 bits per heavy atom. The predicted molar refractivity (Wildman–Crippen MR) is 89.7 cm³/mol. The second kappa shape index (κ2) is 8.53. The van der Waals surface area contributed by atoms with E-state index in [-0.39, 0.29) is 11.8 Å². The highest BCUT2D eigenvalue weighted by Crippen LogP contribution is 2.21. The monoisotopic (exact) mass is 319 g/mol. The van der Waals surface area contributed by atoms with Gasteiger partial charge in [-0.25, -0.2) is 0 Å². The molecule has 0 bridgehead atoms. The van der Waals surface area contributed by atoms with Crippen LogP contribution in [0.25, 0.3) is 0 Å². The van der Waals surface area contributed by atoms with Gasteiger partial charge in [0, 0.05) is 25.3 Å². The third-order valence-corrected chi connectivity index (χ3v) is 3.79. The SMILES string of the molecule is CCCNC(=O)[C@@H](C)NC(=O)c1ccccc1N1CCOCC1. The zero-order valence-electron chi connectivity index (χ0n) is 13.8. The fraction of sp³-hybridized carbons (Fsp3) is 0.529. The quantitative estimate of drug-likeness (QED) is 0.826. The summed E-state index contributed by atoms with van der Waals surface area (Å²) in [6.45, 7) is 7.14. The summed E-state index contributed by atoms with van der Waals surface area (Å²) in [7, 11) is 0. The molecule has 0 unspecified atom stereocenters. The number of ether oxygens (including phenoxy) is 1. The molecule has 1 aromatic carbocycles. The Kier molecular flexibility index (Phi) is 6.40. The fourth-order valence-electron chi connectivity index (χ4n) is 2.49. The van der Waals surface area contributed by atoms with Gasteiger partial charge in [0.2, 0.25) is 5.91 Å². The Balaban J connectivity index is 2.05. The zero-order valence-corrected chi connectivity index (χ0v) is 13.8. The lowest BCUT2D eigenvalue weighted by molar-refractivity contribution is -0.122. The van der Waals surface area contributed by atoms with Crippen molar-refractivity contribution in [2.75, 3.05) is 37.7 Å². The molecule has 1 fully saturated rings. The molecule has 6 nitrogen and oxygen atoms in total. The first kappa shape index (κ1) is 17.3. The highest BCUT2D eigenvalue weighted by Gasteiger charge is 2.21. The van der Waals surface area contributed by atoms with Crippen LogP contribution < -0.4 is 15.5 Å². The van der Waals surface area contributed by atoms with E-state index in [9.17, 15) is 9.59 Å². The minimum absolute atomic E-state index is 0.163. The van der Waals surface area contributed by atoms with Gasteiger partial charge < -0.3 is 20.3 Å².